The van der Waals surface area contributed by atoms with Crippen LogP contribution >= 0.6 is 0 Å². The summed E-state index contributed by atoms with van der Waals surface area (Å²) >= 11 is 0. The van der Waals surface area contributed by atoms with Crippen LogP contribution in [-0.2, 0) is 0 Å². The van der Waals surface area contributed by atoms with Gasteiger partial charge in [-0.15, -0.1) is 10.2 Å². The third kappa shape index (κ3) is 3.84. The first-order valence-electron chi connectivity index (χ1n) is 9.12. The summed E-state index contributed by atoms with van der Waals surface area (Å²) in [4.78, 5) is 16.3. The second-order valence-electron chi connectivity index (χ2n) is 6.67. The molecule has 1 aliphatic carbocycles. The summed E-state index contributed by atoms with van der Waals surface area (Å²) < 4.78 is 12.7. The number of benzene rings is 1. The summed E-state index contributed by atoms with van der Waals surface area (Å²) in [5, 5.41) is 14.8. The first kappa shape index (κ1) is 17.1. The van der Waals surface area contributed by atoms with Crippen LogP contribution in [0.1, 0.15) is 35.0 Å². The zero-order chi connectivity index (χ0) is 19.6. The molecule has 1 aliphatic rings. The fourth-order valence-corrected chi connectivity index (χ4v) is 2.78. The van der Waals surface area contributed by atoms with Gasteiger partial charge in [0.05, 0.1) is 0 Å². The average Bonchev–Trinajstić information content (AvgIpc) is 3.24. The van der Waals surface area contributed by atoms with Crippen LogP contribution in [0.15, 0.2) is 65.7 Å². The molecule has 1 fully saturated rings. The predicted octanol–water partition coefficient (Wildman–Crippen LogP) is 3.57. The van der Waals surface area contributed by atoms with Gasteiger partial charge in [-0.2, -0.15) is 0 Å². The number of imidazole rings is 1. The Morgan fingerprint density at radius 2 is 2.00 bits per heavy atom. The molecule has 0 radical (unpaired) electrons. The van der Waals surface area contributed by atoms with Crippen LogP contribution in [0.3, 0.4) is 0 Å². The summed E-state index contributed by atoms with van der Waals surface area (Å²) in [7, 11) is 0. The van der Waals surface area contributed by atoms with Crippen molar-refractivity contribution < 1.29 is 14.1 Å². The molecule has 3 aromatic heterocycles. The van der Waals surface area contributed by atoms with Crippen LogP contribution in [0.5, 0.6) is 11.6 Å². The molecule has 29 heavy (non-hydrogen) atoms. The van der Waals surface area contributed by atoms with E-state index in [1.807, 2.05) is 0 Å². The summed E-state index contributed by atoms with van der Waals surface area (Å²) in [6.07, 6.45) is 7.27. The SMILES string of the molecule is O=C(Nc1ccc(Oc2ccc(-n3ccnc3)nn2)cc1)c1cc(C2CC2)on1. The Balaban J connectivity index is 1.21. The third-order valence-corrected chi connectivity index (χ3v) is 4.47. The molecule has 0 aliphatic heterocycles. The Hall–Kier alpha value is -4.01. The monoisotopic (exact) mass is 388 g/mol. The molecule has 0 spiro atoms. The zero-order valence-electron chi connectivity index (χ0n) is 15.2. The standard InChI is InChI=1S/C20H16N6O3/c27-20(16-11-17(29-25-16)13-1-2-13)22-14-3-5-15(6-4-14)28-19-8-7-18(23-24-19)26-10-9-21-12-26/h3-13H,1-2H2,(H,22,27). The molecule has 1 N–H and O–H groups in total. The number of nitrogens with zero attached hydrogens (tertiary/aromatic N) is 5. The highest BCUT2D eigenvalue weighted by molar-refractivity contribution is 6.02. The molecule has 0 unspecified atom stereocenters. The molecule has 3 heterocycles. The minimum Gasteiger partial charge on any atom is -0.438 e. The van der Waals surface area contributed by atoms with Crippen molar-refractivity contribution in [3.63, 3.8) is 0 Å². The smallest absolute Gasteiger partial charge is 0.277 e. The van der Waals surface area contributed by atoms with E-state index in [0.29, 0.717) is 29.1 Å². The van der Waals surface area contributed by atoms with Gasteiger partial charge in [0.1, 0.15) is 17.8 Å². The van der Waals surface area contributed by atoms with Gasteiger partial charge in [0.25, 0.3) is 5.91 Å². The van der Waals surface area contributed by atoms with Gasteiger partial charge in [-0.3, -0.25) is 9.36 Å². The highest BCUT2D eigenvalue weighted by atomic mass is 16.5. The average molecular weight is 388 g/mol. The second-order valence-corrected chi connectivity index (χ2v) is 6.67. The number of rotatable bonds is 6. The zero-order valence-corrected chi connectivity index (χ0v) is 15.2. The van der Waals surface area contributed by atoms with Gasteiger partial charge < -0.3 is 14.6 Å². The fraction of sp³-hybridized carbons (Fsp3) is 0.150. The van der Waals surface area contributed by atoms with Crippen LogP contribution in [0.25, 0.3) is 5.82 Å². The van der Waals surface area contributed by atoms with Gasteiger partial charge in [-0.25, -0.2) is 4.98 Å². The van der Waals surface area contributed by atoms with Crippen molar-refractivity contribution in [3.05, 3.63) is 72.6 Å². The number of amides is 1. The highest BCUT2D eigenvalue weighted by Crippen LogP contribution is 2.40. The van der Waals surface area contributed by atoms with Gasteiger partial charge in [0.2, 0.25) is 5.88 Å². The third-order valence-electron chi connectivity index (χ3n) is 4.47. The molecule has 0 atom stereocenters. The molecule has 9 nitrogen and oxygen atoms in total. The van der Waals surface area contributed by atoms with Crippen LogP contribution in [0, 0.1) is 0 Å². The summed E-state index contributed by atoms with van der Waals surface area (Å²) in [6.45, 7) is 0. The van der Waals surface area contributed by atoms with Gasteiger partial charge in [-0.05, 0) is 43.2 Å². The van der Waals surface area contributed by atoms with Crippen LogP contribution in [0.2, 0.25) is 0 Å². The molecule has 0 bridgehead atoms. The Morgan fingerprint density at radius 1 is 1.14 bits per heavy atom. The van der Waals surface area contributed by atoms with Crippen LogP contribution in [-0.4, -0.2) is 30.8 Å². The first-order valence-corrected chi connectivity index (χ1v) is 9.12. The van der Waals surface area contributed by atoms with Crippen LogP contribution < -0.4 is 10.1 Å². The van der Waals surface area contributed by atoms with E-state index < -0.39 is 0 Å². The molecule has 5 rings (SSSR count). The van der Waals surface area contributed by atoms with Crippen molar-refractivity contribution in [2.45, 2.75) is 18.8 Å². The second kappa shape index (κ2) is 7.19. The van der Waals surface area contributed by atoms with E-state index in [1.54, 1.807) is 65.8 Å². The number of hydrogen-bond acceptors (Lipinski definition) is 7. The Bertz CT molecular complexity index is 1120. The van der Waals surface area contributed by atoms with Crippen molar-refractivity contribution >= 4 is 11.6 Å². The van der Waals surface area contributed by atoms with Crippen molar-refractivity contribution in [1.82, 2.24) is 24.9 Å². The maximum atomic E-state index is 12.3. The van der Waals surface area contributed by atoms with Crippen molar-refractivity contribution in [2.75, 3.05) is 5.32 Å². The molecular formula is C20H16N6O3. The predicted molar refractivity (Wildman–Crippen MR) is 102 cm³/mol. The maximum absolute atomic E-state index is 12.3. The largest absolute Gasteiger partial charge is 0.438 e. The minimum atomic E-state index is -0.310. The van der Waals surface area contributed by atoms with E-state index in [-0.39, 0.29) is 11.6 Å². The lowest BCUT2D eigenvalue weighted by Crippen LogP contribution is -2.12. The van der Waals surface area contributed by atoms with E-state index in [1.165, 1.54) is 0 Å². The van der Waals surface area contributed by atoms with E-state index in [2.05, 4.69) is 25.7 Å². The van der Waals surface area contributed by atoms with Crippen LogP contribution in [0.4, 0.5) is 5.69 Å². The molecule has 0 saturated heterocycles. The van der Waals surface area contributed by atoms with Gasteiger partial charge in [-0.1, -0.05) is 5.16 Å². The topological polar surface area (TPSA) is 108 Å². The van der Waals surface area contributed by atoms with Crippen molar-refractivity contribution in [3.8, 4) is 17.4 Å². The Labute approximate surface area is 165 Å². The molecular weight excluding hydrogens is 372 g/mol. The van der Waals surface area contributed by atoms with E-state index in [9.17, 15) is 4.79 Å². The highest BCUT2D eigenvalue weighted by Gasteiger charge is 2.28. The normalized spacial score (nSPS) is 13.2. The molecule has 4 aromatic rings. The number of ether oxygens (including phenoxy) is 1. The van der Waals surface area contributed by atoms with E-state index in [0.717, 1.165) is 18.6 Å². The van der Waals surface area contributed by atoms with Gasteiger partial charge in [0, 0.05) is 36.1 Å². The first-order chi connectivity index (χ1) is 14.2. The number of aromatic nitrogens is 5. The number of carbonyl (C=O) groups excluding carboxylic acids is 1. The maximum Gasteiger partial charge on any atom is 0.277 e. The molecule has 1 aromatic carbocycles. The number of hydrogen-bond donors (Lipinski definition) is 1. The van der Waals surface area contributed by atoms with Gasteiger partial charge >= 0.3 is 0 Å². The molecule has 9 heteroatoms. The fourth-order valence-electron chi connectivity index (χ4n) is 2.78. The summed E-state index contributed by atoms with van der Waals surface area (Å²) in [5.74, 6) is 2.46. The molecule has 144 valence electrons. The number of nitrogens with one attached hydrogen (secondary N) is 1. The van der Waals surface area contributed by atoms with E-state index >= 15 is 0 Å². The lowest BCUT2D eigenvalue weighted by atomic mass is 10.2. The lowest BCUT2D eigenvalue weighted by molar-refractivity contribution is 0.101. The Kier molecular flexibility index (Phi) is 4.24. The van der Waals surface area contributed by atoms with Crippen molar-refractivity contribution in [1.29, 1.82) is 0 Å². The number of carbonyl (C=O) groups is 1. The van der Waals surface area contributed by atoms with Gasteiger partial charge in [0.15, 0.2) is 11.5 Å². The summed E-state index contributed by atoms with van der Waals surface area (Å²) in [6, 6.07) is 12.2. The Morgan fingerprint density at radius 3 is 2.69 bits per heavy atom. The quantitative estimate of drug-likeness (QED) is 0.538. The number of anilines is 1. The lowest BCUT2D eigenvalue weighted by Gasteiger charge is -2.07. The van der Waals surface area contributed by atoms with E-state index in [4.69, 9.17) is 9.26 Å². The molecule has 1 amide bonds. The summed E-state index contributed by atoms with van der Waals surface area (Å²) in [5.41, 5.74) is 0.903. The van der Waals surface area contributed by atoms with Crippen molar-refractivity contribution in [2.24, 2.45) is 0 Å². The minimum absolute atomic E-state index is 0.278. The molecule has 1 saturated carbocycles.